The number of methoxy groups -OCH3 is 1. The number of aromatic nitrogens is 2. The van der Waals surface area contributed by atoms with Gasteiger partial charge in [0.1, 0.15) is 5.75 Å². The number of benzene rings is 1. The number of amides is 1. The van der Waals surface area contributed by atoms with Gasteiger partial charge in [0.15, 0.2) is 0 Å². The highest BCUT2D eigenvalue weighted by Gasteiger charge is 2.33. The molecule has 6 nitrogen and oxygen atoms in total. The Morgan fingerprint density at radius 3 is 2.44 bits per heavy atom. The van der Waals surface area contributed by atoms with Gasteiger partial charge in [-0.1, -0.05) is 12.1 Å². The van der Waals surface area contributed by atoms with Crippen LogP contribution in [0, 0.1) is 0 Å². The van der Waals surface area contributed by atoms with E-state index in [1.165, 1.54) is 4.90 Å². The average Bonchev–Trinajstić information content (AvgIpc) is 3.12. The second kappa shape index (κ2) is 6.66. The van der Waals surface area contributed by atoms with Crippen LogP contribution in [0.2, 0.25) is 0 Å². The summed E-state index contributed by atoms with van der Waals surface area (Å²) < 4.78 is 43.9. The van der Waals surface area contributed by atoms with Crippen molar-refractivity contribution in [3.63, 3.8) is 0 Å². The molecule has 1 amide bonds. The number of halogens is 3. The summed E-state index contributed by atoms with van der Waals surface area (Å²) in [6.45, 7) is 1.88. The third-order valence-corrected chi connectivity index (χ3v) is 4.08. The smallest absolute Gasteiger partial charge is 0.419 e. The number of nitrogens with zero attached hydrogens (tertiary/aromatic N) is 4. The molecule has 0 bridgehead atoms. The average molecular weight is 354 g/mol. The lowest BCUT2D eigenvalue weighted by Crippen LogP contribution is -2.50. The number of hydrogen-bond donors (Lipinski definition) is 0. The van der Waals surface area contributed by atoms with Crippen LogP contribution in [0.3, 0.4) is 0 Å². The van der Waals surface area contributed by atoms with Crippen molar-refractivity contribution in [2.75, 3.05) is 38.2 Å². The van der Waals surface area contributed by atoms with Crippen molar-refractivity contribution in [2.45, 2.75) is 6.18 Å². The summed E-state index contributed by atoms with van der Waals surface area (Å²) in [5, 5.41) is 3.53. The number of alkyl halides is 3. The number of hydrogen-bond acceptors (Lipinski definition) is 4. The maximum Gasteiger partial charge on any atom is 0.419 e. The molecule has 0 N–H and O–H groups in total. The molecular formula is C16H17F3N4O2. The zero-order valence-corrected chi connectivity index (χ0v) is 13.5. The summed E-state index contributed by atoms with van der Waals surface area (Å²) in [6.07, 6.45) is -3.14. The van der Waals surface area contributed by atoms with Crippen LogP contribution in [0.1, 0.15) is 5.56 Å². The van der Waals surface area contributed by atoms with E-state index < -0.39 is 17.8 Å². The van der Waals surface area contributed by atoms with Gasteiger partial charge in [-0.2, -0.15) is 23.0 Å². The fourth-order valence-corrected chi connectivity index (χ4v) is 2.75. The van der Waals surface area contributed by atoms with Crippen LogP contribution in [0.5, 0.6) is 5.75 Å². The van der Waals surface area contributed by atoms with E-state index in [1.54, 1.807) is 7.11 Å². The van der Waals surface area contributed by atoms with E-state index in [4.69, 9.17) is 4.74 Å². The Labute approximate surface area is 142 Å². The van der Waals surface area contributed by atoms with Crippen LogP contribution in [0.25, 0.3) is 0 Å². The first-order chi connectivity index (χ1) is 11.9. The van der Waals surface area contributed by atoms with Gasteiger partial charge < -0.3 is 14.5 Å². The van der Waals surface area contributed by atoms with Gasteiger partial charge >= 0.3 is 12.2 Å². The Morgan fingerprint density at radius 2 is 1.84 bits per heavy atom. The molecule has 1 aliphatic rings. The van der Waals surface area contributed by atoms with Crippen molar-refractivity contribution >= 4 is 11.7 Å². The number of para-hydroxylation sites is 2. The third-order valence-electron chi connectivity index (χ3n) is 4.08. The quantitative estimate of drug-likeness (QED) is 0.832. The van der Waals surface area contributed by atoms with Crippen LogP contribution in [-0.2, 0) is 6.18 Å². The summed E-state index contributed by atoms with van der Waals surface area (Å²) in [4.78, 5) is 15.9. The van der Waals surface area contributed by atoms with Crippen LogP contribution in [0.15, 0.2) is 36.7 Å². The molecule has 9 heteroatoms. The van der Waals surface area contributed by atoms with Crippen LogP contribution >= 0.6 is 0 Å². The lowest BCUT2D eigenvalue weighted by molar-refractivity contribution is -0.137. The van der Waals surface area contributed by atoms with Crippen molar-refractivity contribution in [1.29, 1.82) is 0 Å². The van der Waals surface area contributed by atoms with Crippen LogP contribution in [0.4, 0.5) is 23.7 Å². The minimum Gasteiger partial charge on any atom is -0.495 e. The van der Waals surface area contributed by atoms with Gasteiger partial charge in [0.25, 0.3) is 0 Å². The molecule has 2 heterocycles. The molecule has 1 aliphatic heterocycles. The number of rotatable bonds is 2. The first-order valence-electron chi connectivity index (χ1n) is 7.69. The molecule has 1 aromatic heterocycles. The second-order valence-corrected chi connectivity index (χ2v) is 5.60. The number of ether oxygens (including phenoxy) is 1. The molecule has 1 saturated heterocycles. The predicted octanol–water partition coefficient (Wildman–Crippen LogP) is 2.70. The molecule has 0 aliphatic carbocycles. The van der Waals surface area contributed by atoms with Crippen molar-refractivity contribution in [2.24, 2.45) is 0 Å². The molecule has 0 radical (unpaired) electrons. The SMILES string of the molecule is COc1ccccc1N1CCN(C(=O)n2cc(C(F)(F)F)cn2)CC1. The Bertz CT molecular complexity index is 752. The summed E-state index contributed by atoms with van der Waals surface area (Å²) in [6, 6.07) is 7.00. The minimum absolute atomic E-state index is 0.387. The Hall–Kier alpha value is -2.71. The van der Waals surface area contributed by atoms with Gasteiger partial charge in [-0.15, -0.1) is 0 Å². The van der Waals surface area contributed by atoms with Gasteiger partial charge in [-0.3, -0.25) is 0 Å². The molecule has 0 atom stereocenters. The Morgan fingerprint density at radius 1 is 1.16 bits per heavy atom. The van der Waals surface area contributed by atoms with E-state index >= 15 is 0 Å². The van der Waals surface area contributed by atoms with Gasteiger partial charge in [0, 0.05) is 32.4 Å². The van der Waals surface area contributed by atoms with E-state index in [2.05, 4.69) is 10.00 Å². The largest absolute Gasteiger partial charge is 0.495 e. The molecule has 25 heavy (non-hydrogen) atoms. The van der Waals surface area contributed by atoms with Gasteiger partial charge in [-0.05, 0) is 12.1 Å². The predicted molar refractivity (Wildman–Crippen MR) is 84.8 cm³/mol. The number of piperazine rings is 1. The van der Waals surface area contributed by atoms with Crippen LogP contribution < -0.4 is 9.64 Å². The first kappa shape index (κ1) is 17.1. The molecular weight excluding hydrogens is 337 g/mol. The number of carbonyl (C=O) groups excluding carboxylic acids is 1. The Balaban J connectivity index is 1.66. The van der Waals surface area contributed by atoms with E-state index in [1.807, 2.05) is 24.3 Å². The highest BCUT2D eigenvalue weighted by molar-refractivity contribution is 5.76. The van der Waals surface area contributed by atoms with Crippen LogP contribution in [-0.4, -0.2) is 54.0 Å². The fraction of sp³-hybridized carbons (Fsp3) is 0.375. The third kappa shape index (κ3) is 3.54. The topological polar surface area (TPSA) is 50.6 Å². The van der Waals surface area contributed by atoms with E-state index in [-0.39, 0.29) is 0 Å². The Kier molecular flexibility index (Phi) is 4.56. The van der Waals surface area contributed by atoms with Crippen molar-refractivity contribution < 1.29 is 22.7 Å². The molecule has 134 valence electrons. The van der Waals surface area contributed by atoms with Crippen molar-refractivity contribution in [1.82, 2.24) is 14.7 Å². The molecule has 0 unspecified atom stereocenters. The zero-order valence-electron chi connectivity index (χ0n) is 13.5. The molecule has 1 aromatic carbocycles. The normalized spacial score (nSPS) is 15.4. The maximum atomic E-state index is 12.6. The molecule has 1 fully saturated rings. The lowest BCUT2D eigenvalue weighted by Gasteiger charge is -2.36. The van der Waals surface area contributed by atoms with Gasteiger partial charge in [-0.25, -0.2) is 4.79 Å². The lowest BCUT2D eigenvalue weighted by atomic mass is 10.2. The standard InChI is InChI=1S/C16H17F3N4O2/c1-25-14-5-3-2-4-13(14)21-6-8-22(9-7-21)15(24)23-11-12(10-20-23)16(17,18)19/h2-5,10-11H,6-9H2,1H3. The number of carbonyl (C=O) groups is 1. The first-order valence-corrected chi connectivity index (χ1v) is 7.69. The highest BCUT2D eigenvalue weighted by Crippen LogP contribution is 2.29. The summed E-state index contributed by atoms with van der Waals surface area (Å²) in [5.41, 5.74) is -0.0101. The van der Waals surface area contributed by atoms with Gasteiger partial charge in [0.2, 0.25) is 0 Å². The van der Waals surface area contributed by atoms with E-state index in [0.29, 0.717) is 32.4 Å². The number of anilines is 1. The second-order valence-electron chi connectivity index (χ2n) is 5.60. The molecule has 0 saturated carbocycles. The summed E-state index contributed by atoms with van der Waals surface area (Å²) in [5.74, 6) is 0.740. The molecule has 2 aromatic rings. The fourth-order valence-electron chi connectivity index (χ4n) is 2.75. The van der Waals surface area contributed by atoms with E-state index in [9.17, 15) is 18.0 Å². The highest BCUT2D eigenvalue weighted by atomic mass is 19.4. The minimum atomic E-state index is -4.51. The molecule has 3 rings (SSSR count). The van der Waals surface area contributed by atoms with Crippen molar-refractivity contribution in [3.8, 4) is 5.75 Å². The van der Waals surface area contributed by atoms with Crippen molar-refractivity contribution in [3.05, 3.63) is 42.2 Å². The summed E-state index contributed by atoms with van der Waals surface area (Å²) in [7, 11) is 1.59. The van der Waals surface area contributed by atoms with Gasteiger partial charge in [0.05, 0.1) is 24.6 Å². The molecule has 0 spiro atoms. The zero-order chi connectivity index (χ0) is 18.0. The maximum absolute atomic E-state index is 12.6. The monoisotopic (exact) mass is 354 g/mol. The van der Waals surface area contributed by atoms with E-state index in [0.717, 1.165) is 22.3 Å². The summed E-state index contributed by atoms with van der Waals surface area (Å²) >= 11 is 0.